The van der Waals surface area contributed by atoms with Gasteiger partial charge in [0.15, 0.2) is 17.6 Å². The van der Waals surface area contributed by atoms with Crippen LogP contribution in [0, 0.1) is 6.10 Å². The molecule has 0 bridgehead atoms. The predicted octanol–water partition coefficient (Wildman–Crippen LogP) is 1.12. The first-order chi connectivity index (χ1) is 9.15. The second-order valence-electron chi connectivity index (χ2n) is 3.71. The van der Waals surface area contributed by atoms with Crippen molar-refractivity contribution in [1.29, 1.82) is 0 Å². The van der Waals surface area contributed by atoms with Crippen LogP contribution in [0.15, 0.2) is 39.9 Å². The Kier molecular flexibility index (Phi) is 3.71. The third-order valence-electron chi connectivity index (χ3n) is 2.76. The molecule has 2 aliphatic rings. The lowest BCUT2D eigenvalue weighted by Crippen LogP contribution is -2.16. The van der Waals surface area contributed by atoms with Gasteiger partial charge in [0.05, 0.1) is 27.0 Å². The molecule has 0 N–H and O–H groups in total. The zero-order valence-electron chi connectivity index (χ0n) is 11.1. The number of hydrogen-bond acceptors (Lipinski definition) is 6. The molecule has 0 atom stereocenters. The van der Waals surface area contributed by atoms with Crippen molar-refractivity contribution in [3.8, 4) is 0 Å². The number of aliphatic imine (C=N–C) groups is 1. The van der Waals surface area contributed by atoms with Crippen LogP contribution in [0.4, 0.5) is 0 Å². The first kappa shape index (κ1) is 13.4. The summed E-state index contributed by atoms with van der Waals surface area (Å²) in [6.45, 7) is 0. The number of hydrogen-bond donors (Lipinski definition) is 0. The van der Waals surface area contributed by atoms with E-state index in [1.807, 2.05) is 0 Å². The highest BCUT2D eigenvalue weighted by Gasteiger charge is 2.36. The van der Waals surface area contributed by atoms with E-state index in [1.54, 1.807) is 12.2 Å². The molecule has 0 unspecified atom stereocenters. The molecule has 0 saturated heterocycles. The summed E-state index contributed by atoms with van der Waals surface area (Å²) in [7, 11) is 5.86. The van der Waals surface area contributed by atoms with Crippen LogP contribution >= 0.6 is 0 Å². The maximum atomic E-state index is 11.5. The van der Waals surface area contributed by atoms with E-state index < -0.39 is 5.97 Å². The molecular formula is C13H14NO5. The largest absolute Gasteiger partial charge is 0.494 e. The molecule has 6 heteroatoms. The molecule has 1 radical (unpaired) electrons. The molecule has 1 aliphatic carbocycles. The number of fused-ring (bicyclic) bond motifs is 1. The average molecular weight is 264 g/mol. The van der Waals surface area contributed by atoms with Crippen LogP contribution in [0.25, 0.3) is 0 Å². The molecule has 0 fully saturated rings. The quantitative estimate of drug-likeness (QED) is 0.712. The second kappa shape index (κ2) is 5.27. The molecule has 1 heterocycles. The van der Waals surface area contributed by atoms with Crippen molar-refractivity contribution in [2.24, 2.45) is 4.99 Å². The summed E-state index contributed by atoms with van der Waals surface area (Å²) in [6.07, 6.45) is 3.75. The number of methoxy groups -OCH3 is 4. The predicted molar refractivity (Wildman–Crippen MR) is 66.9 cm³/mol. The summed E-state index contributed by atoms with van der Waals surface area (Å²) in [6, 6.07) is 0. The van der Waals surface area contributed by atoms with Gasteiger partial charge in [0.2, 0.25) is 0 Å². The Labute approximate surface area is 111 Å². The van der Waals surface area contributed by atoms with Crippen molar-refractivity contribution in [2.45, 2.75) is 0 Å². The fraction of sp³-hybridized carbons (Fsp3) is 0.308. The first-order valence-corrected chi connectivity index (χ1v) is 5.51. The number of rotatable bonds is 4. The Balaban J connectivity index is 2.45. The van der Waals surface area contributed by atoms with E-state index in [9.17, 15) is 4.79 Å². The standard InChI is InChI=1S/C13H14NO5/c1-16-10-6-8-7(11(17-2)12(10)18-3)5-9(14-8)13(15)19-4/h5-6H,1-4H3. The lowest BCUT2D eigenvalue weighted by atomic mass is 9.99. The van der Waals surface area contributed by atoms with Crippen molar-refractivity contribution in [1.82, 2.24) is 0 Å². The fourth-order valence-corrected chi connectivity index (χ4v) is 1.91. The maximum absolute atomic E-state index is 11.5. The topological polar surface area (TPSA) is 66.4 Å². The van der Waals surface area contributed by atoms with Crippen molar-refractivity contribution in [2.75, 3.05) is 28.4 Å². The van der Waals surface area contributed by atoms with Gasteiger partial charge in [-0.3, -0.25) is 0 Å². The Morgan fingerprint density at radius 2 is 1.79 bits per heavy atom. The molecule has 0 aromatic heterocycles. The average Bonchev–Trinajstić information content (AvgIpc) is 2.87. The van der Waals surface area contributed by atoms with Crippen LogP contribution in [-0.4, -0.2) is 40.1 Å². The van der Waals surface area contributed by atoms with Gasteiger partial charge in [0, 0.05) is 18.8 Å². The molecule has 6 nitrogen and oxygen atoms in total. The van der Waals surface area contributed by atoms with Crippen LogP contribution in [0.3, 0.4) is 0 Å². The molecule has 2 rings (SSSR count). The molecular weight excluding hydrogens is 250 g/mol. The van der Waals surface area contributed by atoms with Gasteiger partial charge in [-0.1, -0.05) is 0 Å². The number of ether oxygens (including phenoxy) is 4. The highest BCUT2D eigenvalue weighted by molar-refractivity contribution is 6.42. The fourth-order valence-electron chi connectivity index (χ4n) is 1.91. The molecule has 19 heavy (non-hydrogen) atoms. The minimum atomic E-state index is -0.504. The lowest BCUT2D eigenvalue weighted by molar-refractivity contribution is -0.132. The Morgan fingerprint density at radius 1 is 1.05 bits per heavy atom. The lowest BCUT2D eigenvalue weighted by Gasteiger charge is -2.23. The van der Waals surface area contributed by atoms with Gasteiger partial charge in [-0.15, -0.1) is 0 Å². The number of carbonyl (C=O) groups excluding carboxylic acids is 1. The Morgan fingerprint density at radius 3 is 2.32 bits per heavy atom. The molecule has 0 spiro atoms. The Bertz CT molecular complexity index is 527. The minimum Gasteiger partial charge on any atom is -0.494 e. The van der Waals surface area contributed by atoms with Gasteiger partial charge < -0.3 is 18.9 Å². The zero-order chi connectivity index (χ0) is 14.0. The van der Waals surface area contributed by atoms with Crippen LogP contribution in [-0.2, 0) is 23.7 Å². The molecule has 1 aliphatic heterocycles. The smallest absolute Gasteiger partial charge is 0.356 e. The van der Waals surface area contributed by atoms with Gasteiger partial charge in [0.25, 0.3) is 0 Å². The third kappa shape index (κ3) is 2.15. The highest BCUT2D eigenvalue weighted by Crippen LogP contribution is 2.40. The normalized spacial score (nSPS) is 18.4. The summed E-state index contributed by atoms with van der Waals surface area (Å²) >= 11 is 0. The van der Waals surface area contributed by atoms with Gasteiger partial charge in [-0.25, -0.2) is 9.79 Å². The number of allylic oxidation sites excluding steroid dienone is 1. The van der Waals surface area contributed by atoms with Crippen molar-refractivity contribution in [3.05, 3.63) is 41.0 Å². The summed E-state index contributed by atoms with van der Waals surface area (Å²) < 4.78 is 20.5. The van der Waals surface area contributed by atoms with Gasteiger partial charge in [0.1, 0.15) is 5.71 Å². The zero-order valence-corrected chi connectivity index (χ0v) is 11.1. The summed E-state index contributed by atoms with van der Waals surface area (Å²) in [5.74, 6) is 0.443. The highest BCUT2D eigenvalue weighted by atomic mass is 16.5. The van der Waals surface area contributed by atoms with Crippen LogP contribution < -0.4 is 0 Å². The Hall–Kier alpha value is -2.08. The number of esters is 1. The van der Waals surface area contributed by atoms with E-state index in [0.29, 0.717) is 28.9 Å². The summed E-state index contributed by atoms with van der Waals surface area (Å²) in [4.78, 5) is 15.7. The van der Waals surface area contributed by atoms with Crippen LogP contribution in [0.2, 0.25) is 0 Å². The van der Waals surface area contributed by atoms with Crippen molar-refractivity contribution >= 4 is 11.7 Å². The summed E-state index contributed by atoms with van der Waals surface area (Å²) in [5, 5.41) is 0. The number of carbonyl (C=O) groups is 1. The first-order valence-electron chi connectivity index (χ1n) is 5.51. The van der Waals surface area contributed by atoms with E-state index in [1.165, 1.54) is 28.4 Å². The minimum absolute atomic E-state index is 0.214. The molecule has 0 saturated carbocycles. The third-order valence-corrected chi connectivity index (χ3v) is 2.76. The summed E-state index contributed by atoms with van der Waals surface area (Å²) in [5.41, 5.74) is 1.46. The van der Waals surface area contributed by atoms with Gasteiger partial charge >= 0.3 is 5.97 Å². The molecule has 101 valence electrons. The maximum Gasteiger partial charge on any atom is 0.356 e. The second-order valence-corrected chi connectivity index (χ2v) is 3.71. The van der Waals surface area contributed by atoms with E-state index >= 15 is 0 Å². The van der Waals surface area contributed by atoms with Crippen molar-refractivity contribution in [3.63, 3.8) is 0 Å². The van der Waals surface area contributed by atoms with Crippen LogP contribution in [0.5, 0.6) is 0 Å². The van der Waals surface area contributed by atoms with E-state index in [-0.39, 0.29) is 5.71 Å². The SMILES string of the molecule is CO[C]1C2=CC(C(=O)OC)=NC2=CC(OC)=C1OC. The van der Waals surface area contributed by atoms with Gasteiger partial charge in [-0.05, 0) is 6.08 Å². The van der Waals surface area contributed by atoms with E-state index in [0.717, 1.165) is 0 Å². The van der Waals surface area contributed by atoms with Gasteiger partial charge in [-0.2, -0.15) is 0 Å². The van der Waals surface area contributed by atoms with E-state index in [2.05, 4.69) is 9.73 Å². The van der Waals surface area contributed by atoms with Crippen LogP contribution in [0.1, 0.15) is 0 Å². The molecule has 0 amide bonds. The monoisotopic (exact) mass is 264 g/mol. The number of nitrogens with zero attached hydrogens (tertiary/aromatic N) is 1. The van der Waals surface area contributed by atoms with Crippen molar-refractivity contribution < 1.29 is 23.7 Å². The molecule has 0 aromatic rings. The molecule has 0 aromatic carbocycles. The van der Waals surface area contributed by atoms with E-state index in [4.69, 9.17) is 14.2 Å².